The monoisotopic (exact) mass is 179 g/mol. The molecule has 4 heteroatoms. The van der Waals surface area contributed by atoms with Gasteiger partial charge in [0.05, 0.1) is 0 Å². The van der Waals surface area contributed by atoms with E-state index in [1.54, 1.807) is 0 Å². The van der Waals surface area contributed by atoms with Crippen molar-refractivity contribution in [3.63, 3.8) is 0 Å². The van der Waals surface area contributed by atoms with E-state index < -0.39 is 13.9 Å². The third-order valence-corrected chi connectivity index (χ3v) is 2.32. The second kappa shape index (κ2) is 6.71. The lowest BCUT2D eigenvalue weighted by Gasteiger charge is -1.92. The van der Waals surface area contributed by atoms with Crippen LogP contribution in [0.15, 0.2) is 0 Å². The van der Waals surface area contributed by atoms with Crippen molar-refractivity contribution in [2.24, 2.45) is 0 Å². The lowest BCUT2D eigenvalue weighted by atomic mass is 10.3. The summed E-state index contributed by atoms with van der Waals surface area (Å²) in [5.41, 5.74) is 0. The van der Waals surface area contributed by atoms with Crippen LogP contribution < -0.4 is 0 Å². The summed E-state index contributed by atoms with van der Waals surface area (Å²) in [5, 5.41) is 8.77. The fraction of sp³-hybridized carbons (Fsp3) is 1.00. The molecule has 0 rings (SSSR count). The summed E-state index contributed by atoms with van der Waals surface area (Å²) >= 11 is 0. The SMILES string of the molecule is CCCCCO[P+](=O)C(C)O. The minimum absolute atomic E-state index is 0.494. The normalized spacial score (nSPS) is 14.6. The third kappa shape index (κ3) is 6.42. The summed E-state index contributed by atoms with van der Waals surface area (Å²) in [7, 11) is -1.85. The Bertz CT molecular complexity index is 114. The van der Waals surface area contributed by atoms with E-state index >= 15 is 0 Å². The Morgan fingerprint density at radius 3 is 2.64 bits per heavy atom. The average molecular weight is 179 g/mol. The van der Waals surface area contributed by atoms with E-state index in [0.29, 0.717) is 6.61 Å². The van der Waals surface area contributed by atoms with E-state index in [1.165, 1.54) is 6.92 Å². The van der Waals surface area contributed by atoms with Crippen molar-refractivity contribution < 1.29 is 14.2 Å². The molecule has 0 aromatic rings. The van der Waals surface area contributed by atoms with Crippen LogP contribution in [0.2, 0.25) is 0 Å². The van der Waals surface area contributed by atoms with Gasteiger partial charge in [-0.1, -0.05) is 19.8 Å². The molecule has 0 aliphatic heterocycles. The van der Waals surface area contributed by atoms with Gasteiger partial charge in [0.1, 0.15) is 6.61 Å². The lowest BCUT2D eigenvalue weighted by Crippen LogP contribution is -1.96. The van der Waals surface area contributed by atoms with Gasteiger partial charge in [0.15, 0.2) is 0 Å². The molecular formula is C7H16O3P+. The standard InChI is InChI=1S/C7H16O3P/c1-3-4-5-6-10-11(9)7(2)8/h7-8H,3-6H2,1-2H3/q+1. The van der Waals surface area contributed by atoms with E-state index in [2.05, 4.69) is 6.92 Å². The van der Waals surface area contributed by atoms with Gasteiger partial charge >= 0.3 is 8.03 Å². The van der Waals surface area contributed by atoms with Gasteiger partial charge in [0, 0.05) is 6.92 Å². The second-order valence-corrected chi connectivity index (χ2v) is 4.03. The van der Waals surface area contributed by atoms with E-state index in [4.69, 9.17) is 9.63 Å². The maximum atomic E-state index is 10.8. The Morgan fingerprint density at radius 2 is 2.18 bits per heavy atom. The highest BCUT2D eigenvalue weighted by molar-refractivity contribution is 7.39. The van der Waals surface area contributed by atoms with Crippen molar-refractivity contribution in [2.45, 2.75) is 39.0 Å². The molecule has 0 amide bonds. The van der Waals surface area contributed by atoms with Crippen LogP contribution in [0.1, 0.15) is 33.1 Å². The Balaban J connectivity index is 3.18. The Labute approximate surface area is 68.6 Å². The van der Waals surface area contributed by atoms with Crippen LogP contribution in [0, 0.1) is 0 Å². The van der Waals surface area contributed by atoms with Crippen LogP contribution in [0.3, 0.4) is 0 Å². The quantitative estimate of drug-likeness (QED) is 0.502. The first-order valence-electron chi connectivity index (χ1n) is 3.95. The molecule has 0 fully saturated rings. The number of hydrogen-bond acceptors (Lipinski definition) is 3. The summed E-state index contributed by atoms with van der Waals surface area (Å²) < 4.78 is 15.6. The van der Waals surface area contributed by atoms with Gasteiger partial charge in [-0.25, -0.2) is 0 Å². The zero-order chi connectivity index (χ0) is 8.69. The predicted molar refractivity (Wildman–Crippen MR) is 44.8 cm³/mol. The minimum Gasteiger partial charge on any atom is -0.349 e. The first-order valence-corrected chi connectivity index (χ1v) is 5.20. The molecule has 0 saturated carbocycles. The highest BCUT2D eigenvalue weighted by atomic mass is 31.1. The molecule has 0 heterocycles. The number of unbranched alkanes of at least 4 members (excludes halogenated alkanes) is 2. The van der Waals surface area contributed by atoms with Gasteiger partial charge < -0.3 is 5.11 Å². The van der Waals surface area contributed by atoms with Gasteiger partial charge in [-0.05, 0) is 11.0 Å². The van der Waals surface area contributed by atoms with Crippen LogP contribution >= 0.6 is 8.03 Å². The van der Waals surface area contributed by atoms with Crippen molar-refractivity contribution in [3.8, 4) is 0 Å². The molecule has 0 aromatic carbocycles. The predicted octanol–water partition coefficient (Wildman–Crippen LogP) is 2.27. The van der Waals surface area contributed by atoms with Crippen LogP contribution in [0.25, 0.3) is 0 Å². The van der Waals surface area contributed by atoms with Gasteiger partial charge in [-0.3, -0.25) is 0 Å². The Hall–Kier alpha value is 0.0200. The fourth-order valence-electron chi connectivity index (χ4n) is 0.614. The molecular weight excluding hydrogens is 163 g/mol. The van der Waals surface area contributed by atoms with Crippen LogP contribution in [-0.4, -0.2) is 17.6 Å². The smallest absolute Gasteiger partial charge is 0.349 e. The highest BCUT2D eigenvalue weighted by Gasteiger charge is 2.24. The fourth-order valence-corrected chi connectivity index (χ4v) is 1.14. The molecule has 2 unspecified atom stereocenters. The van der Waals surface area contributed by atoms with Crippen molar-refractivity contribution in [1.82, 2.24) is 0 Å². The average Bonchev–Trinajstić information content (AvgIpc) is 1.97. The largest absolute Gasteiger partial charge is 0.539 e. The molecule has 2 atom stereocenters. The summed E-state index contributed by atoms with van der Waals surface area (Å²) in [6, 6.07) is 0. The van der Waals surface area contributed by atoms with Gasteiger partial charge in [-0.15, -0.1) is 4.52 Å². The summed E-state index contributed by atoms with van der Waals surface area (Å²) in [6.45, 7) is 4.06. The van der Waals surface area contributed by atoms with Crippen molar-refractivity contribution in [1.29, 1.82) is 0 Å². The van der Waals surface area contributed by atoms with Gasteiger partial charge in [0.2, 0.25) is 0 Å². The maximum absolute atomic E-state index is 10.8. The molecule has 3 nitrogen and oxygen atoms in total. The molecule has 0 aliphatic rings. The van der Waals surface area contributed by atoms with E-state index in [9.17, 15) is 4.57 Å². The Morgan fingerprint density at radius 1 is 1.55 bits per heavy atom. The Kier molecular flexibility index (Phi) is 6.73. The number of hydrogen-bond donors (Lipinski definition) is 1. The molecule has 0 spiro atoms. The summed E-state index contributed by atoms with van der Waals surface area (Å²) in [6.07, 6.45) is 3.13. The summed E-state index contributed by atoms with van der Waals surface area (Å²) in [5.74, 6) is -0.841. The molecule has 0 aromatic heterocycles. The highest BCUT2D eigenvalue weighted by Crippen LogP contribution is 2.27. The third-order valence-electron chi connectivity index (χ3n) is 1.27. The molecule has 11 heavy (non-hydrogen) atoms. The van der Waals surface area contributed by atoms with E-state index in [0.717, 1.165) is 19.3 Å². The summed E-state index contributed by atoms with van der Waals surface area (Å²) in [4.78, 5) is 0. The van der Waals surface area contributed by atoms with Crippen LogP contribution in [-0.2, 0) is 9.09 Å². The number of rotatable bonds is 6. The number of aliphatic hydroxyl groups excluding tert-OH is 1. The topological polar surface area (TPSA) is 46.5 Å². The molecule has 66 valence electrons. The molecule has 0 bridgehead atoms. The van der Waals surface area contributed by atoms with Crippen molar-refractivity contribution >= 4 is 8.03 Å². The van der Waals surface area contributed by atoms with Gasteiger partial charge in [0.25, 0.3) is 5.85 Å². The first-order chi connectivity index (χ1) is 5.18. The van der Waals surface area contributed by atoms with Crippen molar-refractivity contribution in [3.05, 3.63) is 0 Å². The molecule has 0 aliphatic carbocycles. The van der Waals surface area contributed by atoms with E-state index in [-0.39, 0.29) is 0 Å². The van der Waals surface area contributed by atoms with Crippen molar-refractivity contribution in [2.75, 3.05) is 6.61 Å². The zero-order valence-electron chi connectivity index (χ0n) is 7.12. The molecule has 1 N–H and O–H groups in total. The lowest BCUT2D eigenvalue weighted by molar-refractivity contribution is 0.230. The van der Waals surface area contributed by atoms with Gasteiger partial charge in [-0.2, -0.15) is 0 Å². The van der Waals surface area contributed by atoms with Crippen LogP contribution in [0.4, 0.5) is 0 Å². The van der Waals surface area contributed by atoms with E-state index in [1.807, 2.05) is 0 Å². The zero-order valence-corrected chi connectivity index (χ0v) is 8.01. The number of aliphatic hydroxyl groups is 1. The van der Waals surface area contributed by atoms with Crippen LogP contribution in [0.5, 0.6) is 0 Å². The molecule has 0 saturated heterocycles. The second-order valence-electron chi connectivity index (χ2n) is 2.46. The maximum Gasteiger partial charge on any atom is 0.539 e. The molecule has 0 radical (unpaired) electrons. The first kappa shape index (κ1) is 11.0. The minimum atomic E-state index is -1.85.